The molecule has 0 radical (unpaired) electrons. The van der Waals surface area contributed by atoms with Crippen molar-refractivity contribution in [1.29, 1.82) is 0 Å². The van der Waals surface area contributed by atoms with Crippen molar-refractivity contribution < 1.29 is 13.2 Å². The van der Waals surface area contributed by atoms with Crippen molar-refractivity contribution in [3.63, 3.8) is 0 Å². The molecule has 4 aromatic carbocycles. The highest BCUT2D eigenvalue weighted by Crippen LogP contribution is 2.27. The van der Waals surface area contributed by atoms with Crippen LogP contribution >= 0.6 is 11.8 Å². The van der Waals surface area contributed by atoms with Crippen molar-refractivity contribution in [3.05, 3.63) is 118 Å². The highest BCUT2D eigenvalue weighted by Gasteiger charge is 2.20. The highest BCUT2D eigenvalue weighted by atomic mass is 32.2. The van der Waals surface area contributed by atoms with Gasteiger partial charge in [-0.3, -0.25) is 9.52 Å². The smallest absolute Gasteiger partial charge is 0.262 e. The first-order valence-electron chi connectivity index (χ1n) is 11.9. The third-order valence-corrected chi connectivity index (χ3v) is 8.64. The second kappa shape index (κ2) is 11.2. The van der Waals surface area contributed by atoms with Crippen LogP contribution in [0.15, 0.2) is 94.7 Å². The van der Waals surface area contributed by atoms with E-state index in [0.717, 1.165) is 28.0 Å². The van der Waals surface area contributed by atoms with Gasteiger partial charge in [-0.05, 0) is 86.3 Å². The Balaban J connectivity index is 1.49. The minimum absolute atomic E-state index is 0.0742. The largest absolute Gasteiger partial charge is 0.322 e. The second-order valence-electron chi connectivity index (χ2n) is 9.11. The minimum Gasteiger partial charge on any atom is -0.322 e. The molecule has 4 aromatic rings. The third kappa shape index (κ3) is 6.61. The van der Waals surface area contributed by atoms with Gasteiger partial charge in [-0.2, -0.15) is 0 Å². The molecule has 0 unspecified atom stereocenters. The number of carbonyl (C=O) groups excluding carboxylic acids is 1. The maximum Gasteiger partial charge on any atom is 0.262 e. The fourth-order valence-electron chi connectivity index (χ4n) is 3.99. The van der Waals surface area contributed by atoms with Gasteiger partial charge in [0.15, 0.2) is 0 Å². The van der Waals surface area contributed by atoms with Gasteiger partial charge in [0, 0.05) is 21.9 Å². The zero-order valence-corrected chi connectivity index (χ0v) is 23.0. The molecule has 0 atom stereocenters. The molecule has 0 saturated heterocycles. The van der Waals surface area contributed by atoms with E-state index in [0.29, 0.717) is 16.9 Å². The zero-order valence-electron chi connectivity index (χ0n) is 21.3. The van der Waals surface area contributed by atoms with Crippen LogP contribution in [0.3, 0.4) is 0 Å². The molecule has 0 saturated carbocycles. The van der Waals surface area contributed by atoms with E-state index in [-0.39, 0.29) is 16.4 Å². The standard InChI is InChI=1S/C30H30N2O3S2/c1-20-10-14-28(22(3)16-20)32-37(34,35)29-18-25(13-11-21(29)2)30(33)31-27-15-12-24(17-23(27)4)19-36-26-8-6-5-7-9-26/h5-18,32H,19H2,1-4H3,(H,31,33). The highest BCUT2D eigenvalue weighted by molar-refractivity contribution is 7.98. The van der Waals surface area contributed by atoms with E-state index >= 15 is 0 Å². The summed E-state index contributed by atoms with van der Waals surface area (Å²) in [5.41, 5.74) is 6.02. The van der Waals surface area contributed by atoms with Crippen LogP contribution < -0.4 is 10.0 Å². The van der Waals surface area contributed by atoms with Crippen LogP contribution in [-0.2, 0) is 15.8 Å². The first-order valence-corrected chi connectivity index (χ1v) is 14.4. The molecule has 2 N–H and O–H groups in total. The van der Waals surface area contributed by atoms with Crippen molar-refractivity contribution in [2.75, 3.05) is 10.0 Å². The number of benzene rings is 4. The van der Waals surface area contributed by atoms with Crippen LogP contribution in [-0.4, -0.2) is 14.3 Å². The van der Waals surface area contributed by atoms with E-state index in [1.54, 1.807) is 36.9 Å². The van der Waals surface area contributed by atoms with E-state index in [4.69, 9.17) is 0 Å². The molecule has 7 heteroatoms. The molecule has 0 aliphatic carbocycles. The van der Waals surface area contributed by atoms with Gasteiger partial charge in [0.25, 0.3) is 15.9 Å². The molecule has 0 fully saturated rings. The number of rotatable bonds is 8. The summed E-state index contributed by atoms with van der Waals surface area (Å²) in [6.45, 7) is 7.48. The molecule has 0 spiro atoms. The zero-order chi connectivity index (χ0) is 26.6. The molecule has 4 rings (SSSR count). The van der Waals surface area contributed by atoms with Crippen molar-refractivity contribution in [3.8, 4) is 0 Å². The topological polar surface area (TPSA) is 75.3 Å². The summed E-state index contributed by atoms with van der Waals surface area (Å²) >= 11 is 1.76. The number of hydrogen-bond acceptors (Lipinski definition) is 4. The summed E-state index contributed by atoms with van der Waals surface area (Å²) in [7, 11) is -3.88. The first kappa shape index (κ1) is 26.5. The summed E-state index contributed by atoms with van der Waals surface area (Å²) in [5, 5.41) is 2.93. The SMILES string of the molecule is Cc1ccc(NS(=O)(=O)c2cc(C(=O)Nc3ccc(CSc4ccccc4)cc3C)ccc2C)c(C)c1. The molecule has 0 aromatic heterocycles. The summed E-state index contributed by atoms with van der Waals surface area (Å²) in [4.78, 5) is 14.3. The lowest BCUT2D eigenvalue weighted by Gasteiger charge is -2.15. The van der Waals surface area contributed by atoms with Crippen molar-refractivity contribution in [2.24, 2.45) is 0 Å². The number of amides is 1. The average Bonchev–Trinajstić information content (AvgIpc) is 2.86. The normalized spacial score (nSPS) is 11.2. The maximum absolute atomic E-state index is 13.2. The number of sulfonamides is 1. The van der Waals surface area contributed by atoms with Gasteiger partial charge in [-0.15, -0.1) is 11.8 Å². The van der Waals surface area contributed by atoms with E-state index in [1.807, 2.05) is 63.2 Å². The van der Waals surface area contributed by atoms with Crippen LogP contribution in [0, 0.1) is 27.7 Å². The molecule has 1 amide bonds. The Morgan fingerprint density at radius 3 is 2.16 bits per heavy atom. The quantitative estimate of drug-likeness (QED) is 0.235. The summed E-state index contributed by atoms with van der Waals surface area (Å²) < 4.78 is 29.1. The van der Waals surface area contributed by atoms with Gasteiger partial charge >= 0.3 is 0 Å². The summed E-state index contributed by atoms with van der Waals surface area (Å²) in [5.74, 6) is 0.462. The second-order valence-corrected chi connectivity index (χ2v) is 11.8. The lowest BCUT2D eigenvalue weighted by atomic mass is 10.1. The molecule has 190 valence electrons. The van der Waals surface area contributed by atoms with E-state index in [9.17, 15) is 13.2 Å². The first-order chi connectivity index (χ1) is 17.6. The molecule has 0 bridgehead atoms. The monoisotopic (exact) mass is 530 g/mol. The van der Waals surface area contributed by atoms with E-state index < -0.39 is 10.0 Å². The van der Waals surface area contributed by atoms with Gasteiger partial charge in [-0.25, -0.2) is 8.42 Å². The molecular weight excluding hydrogens is 500 g/mol. The Labute approximate surface area is 223 Å². The number of nitrogens with one attached hydrogen (secondary N) is 2. The van der Waals surface area contributed by atoms with Gasteiger partial charge in [0.1, 0.15) is 0 Å². The number of thioether (sulfide) groups is 1. The minimum atomic E-state index is -3.88. The number of hydrogen-bond donors (Lipinski definition) is 2. The Kier molecular flexibility index (Phi) is 8.05. The summed E-state index contributed by atoms with van der Waals surface area (Å²) in [6.07, 6.45) is 0. The third-order valence-electron chi connectivity index (χ3n) is 6.05. The van der Waals surface area contributed by atoms with Crippen LogP contribution in [0.25, 0.3) is 0 Å². The van der Waals surface area contributed by atoms with Crippen LogP contribution in [0.4, 0.5) is 11.4 Å². The Bertz CT molecular complexity index is 1550. The fourth-order valence-corrected chi connectivity index (χ4v) is 6.26. The molecular formula is C30H30N2O3S2. The predicted molar refractivity (Wildman–Crippen MR) is 153 cm³/mol. The number of anilines is 2. The molecule has 0 aliphatic heterocycles. The molecule has 0 aliphatic rings. The lowest BCUT2D eigenvalue weighted by Crippen LogP contribution is -2.18. The molecule has 37 heavy (non-hydrogen) atoms. The Morgan fingerprint density at radius 1 is 0.757 bits per heavy atom. The number of aryl methyl sites for hydroxylation is 4. The maximum atomic E-state index is 13.2. The van der Waals surface area contributed by atoms with Gasteiger partial charge in [0.2, 0.25) is 0 Å². The van der Waals surface area contributed by atoms with E-state index in [2.05, 4.69) is 28.2 Å². The Morgan fingerprint density at radius 2 is 1.46 bits per heavy atom. The van der Waals surface area contributed by atoms with Crippen LogP contribution in [0.1, 0.15) is 38.2 Å². The number of carbonyl (C=O) groups is 1. The fraction of sp³-hybridized carbons (Fsp3) is 0.167. The molecule has 0 heterocycles. The van der Waals surface area contributed by atoms with E-state index in [1.165, 1.54) is 11.0 Å². The van der Waals surface area contributed by atoms with Gasteiger partial charge < -0.3 is 5.32 Å². The molecule has 5 nitrogen and oxygen atoms in total. The predicted octanol–water partition coefficient (Wildman–Crippen LogP) is 7.27. The van der Waals surface area contributed by atoms with Gasteiger partial charge in [0.05, 0.1) is 10.6 Å². The van der Waals surface area contributed by atoms with Gasteiger partial charge in [-0.1, -0.05) is 54.1 Å². The average molecular weight is 531 g/mol. The van der Waals surface area contributed by atoms with Crippen molar-refractivity contribution >= 4 is 39.1 Å². The van der Waals surface area contributed by atoms with Crippen molar-refractivity contribution in [2.45, 2.75) is 43.2 Å². The lowest BCUT2D eigenvalue weighted by molar-refractivity contribution is 0.102. The summed E-state index contributed by atoms with van der Waals surface area (Å²) in [6, 6.07) is 26.4. The van der Waals surface area contributed by atoms with Crippen molar-refractivity contribution in [1.82, 2.24) is 0 Å². The van der Waals surface area contributed by atoms with Crippen LogP contribution in [0.5, 0.6) is 0 Å². The Hall–Kier alpha value is -3.55. The van der Waals surface area contributed by atoms with Crippen LogP contribution in [0.2, 0.25) is 0 Å².